The number of urea groups is 1. The predicted octanol–water partition coefficient (Wildman–Crippen LogP) is 1.30. The number of esters is 1. The topological polar surface area (TPSA) is 125 Å². The number of fused-ring (bicyclic) bond motifs is 1. The number of carbonyl (C=O) groups excluding carboxylic acids is 3. The van der Waals surface area contributed by atoms with Crippen molar-refractivity contribution in [1.29, 1.82) is 0 Å². The van der Waals surface area contributed by atoms with Crippen LogP contribution in [0.5, 0.6) is 17.4 Å². The van der Waals surface area contributed by atoms with E-state index in [0.29, 0.717) is 18.1 Å². The Morgan fingerprint density at radius 3 is 2.77 bits per heavy atom. The number of amides is 3. The monoisotopic (exact) mass is 415 g/mol. The van der Waals surface area contributed by atoms with E-state index < -0.39 is 30.6 Å². The zero-order valence-corrected chi connectivity index (χ0v) is 16.3. The van der Waals surface area contributed by atoms with Gasteiger partial charge in [0, 0.05) is 6.20 Å². The molecule has 1 atom stereocenters. The number of aromatic nitrogens is 1. The van der Waals surface area contributed by atoms with Crippen LogP contribution in [0.2, 0.25) is 0 Å². The van der Waals surface area contributed by atoms with Crippen LogP contribution >= 0.6 is 0 Å². The molecule has 1 aromatic heterocycles. The molecule has 30 heavy (non-hydrogen) atoms. The van der Waals surface area contributed by atoms with Crippen LogP contribution in [0.3, 0.4) is 0 Å². The number of hydrogen-bond donors (Lipinski definition) is 2. The van der Waals surface area contributed by atoms with Gasteiger partial charge >= 0.3 is 12.0 Å². The largest absolute Gasteiger partial charge is 0.486 e. The van der Waals surface area contributed by atoms with E-state index >= 15 is 0 Å². The van der Waals surface area contributed by atoms with Crippen molar-refractivity contribution in [2.24, 2.45) is 0 Å². The zero-order chi connectivity index (χ0) is 21.3. The lowest BCUT2D eigenvalue weighted by Gasteiger charge is -2.26. The van der Waals surface area contributed by atoms with Gasteiger partial charge in [0.25, 0.3) is 5.91 Å². The second-order valence-corrected chi connectivity index (χ2v) is 6.12. The van der Waals surface area contributed by atoms with E-state index in [0.717, 1.165) is 0 Å². The molecule has 3 amide bonds. The zero-order valence-electron chi connectivity index (χ0n) is 16.3. The van der Waals surface area contributed by atoms with Gasteiger partial charge < -0.3 is 24.3 Å². The lowest BCUT2D eigenvalue weighted by atomic mass is 10.2. The number of carbonyl (C=O) groups is 3. The normalized spacial score (nSPS) is 14.4. The molecule has 0 spiro atoms. The average Bonchev–Trinajstić information content (AvgIpc) is 2.76. The lowest BCUT2D eigenvalue weighted by Crippen LogP contribution is -2.46. The van der Waals surface area contributed by atoms with Crippen molar-refractivity contribution in [2.75, 3.05) is 26.4 Å². The van der Waals surface area contributed by atoms with Gasteiger partial charge in [-0.05, 0) is 31.2 Å². The Balaban J connectivity index is 1.40. The Bertz CT molecular complexity index is 919. The van der Waals surface area contributed by atoms with Crippen molar-refractivity contribution in [3.05, 3.63) is 48.2 Å². The maximum atomic E-state index is 12.1. The molecule has 1 aromatic carbocycles. The Morgan fingerprint density at radius 1 is 1.17 bits per heavy atom. The van der Waals surface area contributed by atoms with Gasteiger partial charge in [0.2, 0.25) is 5.88 Å². The van der Waals surface area contributed by atoms with Gasteiger partial charge in [-0.1, -0.05) is 12.1 Å². The third-order valence-electron chi connectivity index (χ3n) is 3.92. The fourth-order valence-electron chi connectivity index (χ4n) is 2.58. The van der Waals surface area contributed by atoms with Crippen LogP contribution in [-0.2, 0) is 9.53 Å². The molecule has 0 bridgehead atoms. The van der Waals surface area contributed by atoms with Gasteiger partial charge in [-0.2, -0.15) is 0 Å². The maximum Gasteiger partial charge on any atom is 0.344 e. The molecule has 0 saturated heterocycles. The van der Waals surface area contributed by atoms with Crippen molar-refractivity contribution in [1.82, 2.24) is 15.6 Å². The van der Waals surface area contributed by atoms with Gasteiger partial charge in [-0.3, -0.25) is 10.1 Å². The van der Waals surface area contributed by atoms with Crippen molar-refractivity contribution >= 4 is 17.9 Å². The van der Waals surface area contributed by atoms with E-state index in [-0.39, 0.29) is 24.6 Å². The standard InChI is InChI=1S/C20H21N3O7/c1-2-27-18-14(6-5-9-21-18)19(25)29-12-17(24)23-20(26)22-10-13-11-28-15-7-3-4-8-16(15)30-13/h3-9,13H,2,10-12H2,1H3,(H2,22,23,24,26). The van der Waals surface area contributed by atoms with Crippen LogP contribution in [0.25, 0.3) is 0 Å². The van der Waals surface area contributed by atoms with E-state index in [2.05, 4.69) is 15.6 Å². The molecule has 0 aliphatic carbocycles. The van der Waals surface area contributed by atoms with Gasteiger partial charge in [-0.15, -0.1) is 0 Å². The summed E-state index contributed by atoms with van der Waals surface area (Å²) < 4.78 is 21.4. The highest BCUT2D eigenvalue weighted by Gasteiger charge is 2.22. The Kier molecular flexibility index (Phi) is 7.04. The van der Waals surface area contributed by atoms with Crippen LogP contribution in [0, 0.1) is 0 Å². The quantitative estimate of drug-likeness (QED) is 0.649. The van der Waals surface area contributed by atoms with Crippen LogP contribution in [0.1, 0.15) is 17.3 Å². The molecule has 2 aromatic rings. The first-order chi connectivity index (χ1) is 14.6. The van der Waals surface area contributed by atoms with Crippen LogP contribution in [0.4, 0.5) is 4.79 Å². The highest BCUT2D eigenvalue weighted by molar-refractivity contribution is 5.97. The highest BCUT2D eigenvalue weighted by Crippen LogP contribution is 2.30. The molecule has 0 saturated carbocycles. The van der Waals surface area contributed by atoms with E-state index in [1.54, 1.807) is 25.1 Å². The second kappa shape index (κ2) is 10.1. The molecular formula is C20H21N3O7. The van der Waals surface area contributed by atoms with Crippen molar-refractivity contribution in [3.8, 4) is 17.4 Å². The minimum atomic E-state index is -0.784. The van der Waals surface area contributed by atoms with Crippen LogP contribution < -0.4 is 24.8 Å². The molecule has 0 fully saturated rings. The molecule has 3 rings (SSSR count). The molecule has 10 nitrogen and oxygen atoms in total. The van der Waals surface area contributed by atoms with Gasteiger partial charge in [-0.25, -0.2) is 14.6 Å². The first-order valence-corrected chi connectivity index (χ1v) is 9.28. The number of pyridine rings is 1. The van der Waals surface area contributed by atoms with Crippen molar-refractivity contribution < 1.29 is 33.3 Å². The molecule has 10 heteroatoms. The summed E-state index contributed by atoms with van der Waals surface area (Å²) in [6, 6.07) is 9.46. The minimum Gasteiger partial charge on any atom is -0.486 e. The Hall–Kier alpha value is -3.82. The summed E-state index contributed by atoms with van der Waals surface area (Å²) in [6.45, 7) is 1.82. The molecule has 1 aliphatic rings. The summed E-state index contributed by atoms with van der Waals surface area (Å²) >= 11 is 0. The summed E-state index contributed by atoms with van der Waals surface area (Å²) in [5.74, 6) is -0.237. The SMILES string of the molecule is CCOc1ncccc1C(=O)OCC(=O)NC(=O)NCC1COc2ccccc2O1. The summed E-state index contributed by atoms with van der Waals surface area (Å²) in [5, 5.41) is 4.59. The number of benzene rings is 1. The number of imide groups is 1. The van der Waals surface area contributed by atoms with E-state index in [1.165, 1.54) is 12.3 Å². The lowest BCUT2D eigenvalue weighted by molar-refractivity contribution is -0.123. The van der Waals surface area contributed by atoms with Gasteiger partial charge in [0.15, 0.2) is 24.2 Å². The summed E-state index contributed by atoms with van der Waals surface area (Å²) in [6.07, 6.45) is 1.07. The number of nitrogens with one attached hydrogen (secondary N) is 2. The Morgan fingerprint density at radius 2 is 1.97 bits per heavy atom. The van der Waals surface area contributed by atoms with Gasteiger partial charge in [0.05, 0.1) is 13.2 Å². The van der Waals surface area contributed by atoms with Crippen LogP contribution in [0.15, 0.2) is 42.6 Å². The first-order valence-electron chi connectivity index (χ1n) is 9.28. The number of nitrogens with zero attached hydrogens (tertiary/aromatic N) is 1. The van der Waals surface area contributed by atoms with Crippen LogP contribution in [-0.4, -0.2) is 55.4 Å². The molecule has 2 heterocycles. The Labute approximate surface area is 172 Å². The fraction of sp³-hybridized carbons (Fsp3) is 0.300. The van der Waals surface area contributed by atoms with E-state index in [4.69, 9.17) is 18.9 Å². The predicted molar refractivity (Wildman–Crippen MR) is 104 cm³/mol. The third-order valence-corrected chi connectivity index (χ3v) is 3.92. The number of para-hydroxylation sites is 2. The molecule has 2 N–H and O–H groups in total. The van der Waals surface area contributed by atoms with Crippen molar-refractivity contribution in [2.45, 2.75) is 13.0 Å². The second-order valence-electron chi connectivity index (χ2n) is 6.12. The average molecular weight is 415 g/mol. The third kappa shape index (κ3) is 5.60. The fourth-order valence-corrected chi connectivity index (χ4v) is 2.58. The summed E-state index contributed by atoms with van der Waals surface area (Å²) in [4.78, 5) is 39.8. The number of hydrogen-bond acceptors (Lipinski definition) is 8. The molecule has 1 unspecified atom stereocenters. The first kappa shape index (κ1) is 20.9. The summed E-state index contributed by atoms with van der Waals surface area (Å²) in [7, 11) is 0. The maximum absolute atomic E-state index is 12.1. The number of rotatable bonds is 7. The molecule has 1 aliphatic heterocycles. The summed E-state index contributed by atoms with van der Waals surface area (Å²) in [5.41, 5.74) is 0.0892. The molecule has 158 valence electrons. The molecular weight excluding hydrogens is 394 g/mol. The highest BCUT2D eigenvalue weighted by atomic mass is 16.6. The minimum absolute atomic E-state index is 0.0892. The van der Waals surface area contributed by atoms with E-state index in [1.807, 2.05) is 12.1 Å². The number of ether oxygens (including phenoxy) is 4. The van der Waals surface area contributed by atoms with Crippen molar-refractivity contribution in [3.63, 3.8) is 0 Å². The molecule has 0 radical (unpaired) electrons. The van der Waals surface area contributed by atoms with Gasteiger partial charge in [0.1, 0.15) is 12.2 Å². The smallest absolute Gasteiger partial charge is 0.344 e. The van der Waals surface area contributed by atoms with E-state index in [9.17, 15) is 14.4 Å².